The Hall–Kier alpha value is -2.85. The number of nitrogens with one attached hydrogen (secondary N) is 4. The molecule has 6 N–H and O–H groups in total. The quantitative estimate of drug-likeness (QED) is 0.281. The maximum Gasteiger partial charge on any atom is 0.254 e. The van der Waals surface area contributed by atoms with Crippen LogP contribution < -0.4 is 21.3 Å². The maximum atomic E-state index is 12.8. The summed E-state index contributed by atoms with van der Waals surface area (Å²) in [5.74, 6) is 0.115. The lowest BCUT2D eigenvalue weighted by molar-refractivity contribution is -0.119. The molecule has 9 nitrogen and oxygen atoms in total. The first kappa shape index (κ1) is 27.2. The predicted molar refractivity (Wildman–Crippen MR) is 144 cm³/mol. The second kappa shape index (κ2) is 12.6. The number of amides is 2. The Balaban J connectivity index is 1.30. The summed E-state index contributed by atoms with van der Waals surface area (Å²) in [6, 6.07) is 11.0. The van der Waals surface area contributed by atoms with Gasteiger partial charge in [0.15, 0.2) is 12.2 Å². The van der Waals surface area contributed by atoms with Gasteiger partial charge in [-0.2, -0.15) is 0 Å². The number of carbonyl (C=O) groups excluding carboxylic acids is 2. The zero-order valence-corrected chi connectivity index (χ0v) is 21.7. The summed E-state index contributed by atoms with van der Waals surface area (Å²) in [7, 11) is 0. The van der Waals surface area contributed by atoms with Gasteiger partial charge >= 0.3 is 0 Å². The van der Waals surface area contributed by atoms with Gasteiger partial charge in [-0.05, 0) is 61.9 Å². The highest BCUT2D eigenvalue weighted by atomic mass is 35.5. The third-order valence-electron chi connectivity index (χ3n) is 6.58. The molecule has 0 radical (unpaired) electrons. The Labute approximate surface area is 225 Å². The van der Waals surface area contributed by atoms with Crippen LogP contribution in [0.3, 0.4) is 0 Å². The van der Waals surface area contributed by atoms with Gasteiger partial charge in [0.1, 0.15) is 0 Å². The molecule has 198 valence electrons. The van der Waals surface area contributed by atoms with E-state index in [0.29, 0.717) is 5.69 Å². The van der Waals surface area contributed by atoms with Crippen LogP contribution in [0.15, 0.2) is 47.5 Å². The van der Waals surface area contributed by atoms with Gasteiger partial charge in [0.2, 0.25) is 5.91 Å². The lowest BCUT2D eigenvalue weighted by atomic mass is 10.0. The van der Waals surface area contributed by atoms with Gasteiger partial charge in [0.25, 0.3) is 5.91 Å². The van der Waals surface area contributed by atoms with Gasteiger partial charge in [-0.1, -0.05) is 41.4 Å². The minimum absolute atomic E-state index is 0.0249. The van der Waals surface area contributed by atoms with Gasteiger partial charge in [0, 0.05) is 30.7 Å². The summed E-state index contributed by atoms with van der Waals surface area (Å²) < 4.78 is 0. The van der Waals surface area contributed by atoms with Crippen LogP contribution in [-0.2, 0) is 11.2 Å². The fourth-order valence-electron chi connectivity index (χ4n) is 4.58. The van der Waals surface area contributed by atoms with Crippen molar-refractivity contribution in [3.05, 3.63) is 63.6 Å². The molecule has 0 spiro atoms. The van der Waals surface area contributed by atoms with E-state index in [4.69, 9.17) is 23.2 Å². The number of anilines is 1. The van der Waals surface area contributed by atoms with Gasteiger partial charge in [-0.15, -0.1) is 0 Å². The largest absolute Gasteiger partial charge is 0.366 e. The molecule has 0 saturated heterocycles. The average Bonchev–Trinajstić information content (AvgIpc) is 3.34. The lowest BCUT2D eigenvalue weighted by Crippen LogP contribution is -2.45. The van der Waals surface area contributed by atoms with E-state index in [2.05, 4.69) is 26.3 Å². The Morgan fingerprint density at radius 3 is 2.46 bits per heavy atom. The molecular formula is C26H31Cl2N5O4. The highest BCUT2D eigenvalue weighted by molar-refractivity contribution is 6.39. The van der Waals surface area contributed by atoms with Crippen LogP contribution in [0.2, 0.25) is 10.0 Å². The molecule has 1 aliphatic carbocycles. The molecule has 0 aromatic heterocycles. The van der Waals surface area contributed by atoms with Gasteiger partial charge in [0.05, 0.1) is 21.7 Å². The highest BCUT2D eigenvalue weighted by Gasteiger charge is 2.31. The van der Waals surface area contributed by atoms with E-state index in [1.165, 1.54) is 12.1 Å². The summed E-state index contributed by atoms with van der Waals surface area (Å²) >= 11 is 12.2. The molecule has 1 aliphatic heterocycles. The number of hydrogen-bond donors (Lipinski definition) is 6. The van der Waals surface area contributed by atoms with Crippen LogP contribution in [0.5, 0.6) is 0 Å². The van der Waals surface area contributed by atoms with Gasteiger partial charge in [-0.25, -0.2) is 0 Å². The van der Waals surface area contributed by atoms with Crippen LogP contribution in [0.25, 0.3) is 0 Å². The molecule has 37 heavy (non-hydrogen) atoms. The van der Waals surface area contributed by atoms with E-state index in [0.717, 1.165) is 50.3 Å². The first-order chi connectivity index (χ1) is 17.8. The number of nitrogens with zero attached hydrogens (tertiary/aromatic N) is 1. The molecule has 1 fully saturated rings. The number of guanidine groups is 1. The third-order valence-corrected chi connectivity index (χ3v) is 7.21. The van der Waals surface area contributed by atoms with Crippen LogP contribution >= 0.6 is 23.2 Å². The minimum Gasteiger partial charge on any atom is -0.366 e. The Bertz CT molecular complexity index is 1120. The highest BCUT2D eigenvalue weighted by Crippen LogP contribution is 2.27. The summed E-state index contributed by atoms with van der Waals surface area (Å²) in [5, 5.41) is 32.2. The molecule has 0 unspecified atom stereocenters. The molecule has 2 aromatic rings. The predicted octanol–water partition coefficient (Wildman–Crippen LogP) is 2.69. The lowest BCUT2D eigenvalue weighted by Gasteiger charge is -2.21. The van der Waals surface area contributed by atoms with Crippen molar-refractivity contribution < 1.29 is 19.8 Å². The van der Waals surface area contributed by atoms with E-state index in [1.807, 2.05) is 0 Å². The fourth-order valence-corrected chi connectivity index (χ4v) is 5.15. The van der Waals surface area contributed by atoms with Crippen molar-refractivity contribution in [2.75, 3.05) is 18.4 Å². The second-order valence-electron chi connectivity index (χ2n) is 9.34. The Morgan fingerprint density at radius 1 is 1.08 bits per heavy atom. The molecule has 0 bridgehead atoms. The molecule has 1 heterocycles. The van der Waals surface area contributed by atoms with Crippen molar-refractivity contribution in [1.82, 2.24) is 16.0 Å². The normalized spacial score (nSPS) is 20.1. The van der Waals surface area contributed by atoms with E-state index < -0.39 is 18.2 Å². The molecular weight excluding hydrogens is 517 g/mol. The van der Waals surface area contributed by atoms with Crippen molar-refractivity contribution in [1.29, 1.82) is 0 Å². The summed E-state index contributed by atoms with van der Waals surface area (Å²) in [5.41, 5.74) is 1.46. The number of halogens is 2. The molecule has 4 rings (SSSR count). The van der Waals surface area contributed by atoms with Gasteiger partial charge < -0.3 is 31.5 Å². The smallest absolute Gasteiger partial charge is 0.254 e. The minimum atomic E-state index is -1.80. The number of aliphatic imine (C=N–C) groups is 1. The number of rotatable bonds is 8. The first-order valence-electron chi connectivity index (χ1n) is 12.4. The summed E-state index contributed by atoms with van der Waals surface area (Å²) in [6.45, 7) is 1.74. The number of aliphatic hydroxyl groups is 2. The number of carbonyl (C=O) groups is 2. The van der Waals surface area contributed by atoms with Crippen molar-refractivity contribution in [3.63, 3.8) is 0 Å². The van der Waals surface area contributed by atoms with Crippen molar-refractivity contribution in [2.24, 2.45) is 10.9 Å². The number of hydrogen-bond acceptors (Lipinski definition) is 7. The second-order valence-corrected chi connectivity index (χ2v) is 10.2. The summed E-state index contributed by atoms with van der Waals surface area (Å²) in [6.07, 6.45) is 1.84. The molecule has 1 saturated carbocycles. The first-order valence-corrected chi connectivity index (χ1v) is 13.1. The molecule has 2 amide bonds. The standard InChI is InChI=1S/C26H31Cl2N5O4/c27-19-3-1-4-20(28)22(19)24(35)33-21(25(36)37)13-15-5-8-17(9-6-15)31-23(34)16-7-10-18(14-16)32-26-29-11-2-12-30-26/h1,3-6,8-9,16,18,21,25,36-37H,2,7,10-14H2,(H,31,34)(H,33,35)(H2,29,30,32)/t16-,18-,21-/m0/s1. The molecule has 3 atom stereocenters. The molecule has 11 heteroatoms. The van der Waals surface area contributed by atoms with E-state index in [-0.39, 0.29) is 39.9 Å². The van der Waals surface area contributed by atoms with Crippen LogP contribution in [0, 0.1) is 5.92 Å². The number of benzene rings is 2. The van der Waals surface area contributed by atoms with E-state index in [9.17, 15) is 19.8 Å². The van der Waals surface area contributed by atoms with E-state index in [1.54, 1.807) is 30.3 Å². The van der Waals surface area contributed by atoms with Crippen LogP contribution in [0.4, 0.5) is 5.69 Å². The summed E-state index contributed by atoms with van der Waals surface area (Å²) in [4.78, 5) is 29.9. The van der Waals surface area contributed by atoms with E-state index >= 15 is 0 Å². The Kier molecular flexibility index (Phi) is 9.26. The van der Waals surface area contributed by atoms with Crippen LogP contribution in [0.1, 0.15) is 41.6 Å². The fraction of sp³-hybridized carbons (Fsp3) is 0.423. The molecule has 2 aromatic carbocycles. The SMILES string of the molecule is O=C(N[C@@H](Cc1ccc(NC(=O)[C@H]2CC[C@H](NC3=NCCCN3)C2)cc1)C(O)O)c1c(Cl)cccc1Cl. The maximum absolute atomic E-state index is 12.8. The zero-order valence-electron chi connectivity index (χ0n) is 20.2. The van der Waals surface area contributed by atoms with Crippen molar-refractivity contribution in [3.8, 4) is 0 Å². The zero-order chi connectivity index (χ0) is 26.4. The number of aliphatic hydroxyl groups excluding tert-OH is 1. The van der Waals surface area contributed by atoms with Crippen molar-refractivity contribution >= 4 is 46.7 Å². The molecule has 2 aliphatic rings. The van der Waals surface area contributed by atoms with Crippen LogP contribution in [-0.4, -0.2) is 59.5 Å². The Morgan fingerprint density at radius 2 is 1.81 bits per heavy atom. The average molecular weight is 548 g/mol. The third kappa shape index (κ3) is 7.35. The van der Waals surface area contributed by atoms with Crippen molar-refractivity contribution in [2.45, 2.75) is 50.5 Å². The topological polar surface area (TPSA) is 135 Å². The van der Waals surface area contributed by atoms with Gasteiger partial charge in [-0.3, -0.25) is 14.6 Å². The monoisotopic (exact) mass is 547 g/mol.